The summed E-state index contributed by atoms with van der Waals surface area (Å²) in [7, 11) is 0. The van der Waals surface area contributed by atoms with Crippen LogP contribution in [-0.4, -0.2) is 47.4 Å². The van der Waals surface area contributed by atoms with Crippen LogP contribution < -0.4 is 4.90 Å². The van der Waals surface area contributed by atoms with Gasteiger partial charge in [0.05, 0.1) is 5.69 Å². The number of rotatable bonds is 3. The number of amides is 3. The Morgan fingerprint density at radius 2 is 1.74 bits per heavy atom. The second-order valence-electron chi connectivity index (χ2n) is 6.48. The van der Waals surface area contributed by atoms with Gasteiger partial charge in [-0.1, -0.05) is 30.3 Å². The molecule has 0 aliphatic carbocycles. The lowest BCUT2D eigenvalue weighted by atomic mass is 10.1. The van der Waals surface area contributed by atoms with Gasteiger partial charge in [-0.3, -0.25) is 9.69 Å². The van der Waals surface area contributed by atoms with E-state index < -0.39 is 29.6 Å². The predicted molar refractivity (Wildman–Crippen MR) is 98.7 cm³/mol. The van der Waals surface area contributed by atoms with Gasteiger partial charge in [0.25, 0.3) is 5.91 Å². The number of carbonyl (C=O) groups excluding carboxylic acids is 2. The number of hydrogen-bond acceptors (Lipinski definition) is 3. The third kappa shape index (κ3) is 3.52. The molecule has 5 nitrogen and oxygen atoms in total. The monoisotopic (exact) mass is 393 g/mol. The lowest BCUT2D eigenvalue weighted by molar-refractivity contribution is -0.121. The van der Waals surface area contributed by atoms with Gasteiger partial charge in [0.1, 0.15) is 17.7 Å². The average molecular weight is 394 g/mol. The number of carbonyl (C=O) groups is 2. The minimum Gasteiger partial charge on any atom is -0.309 e. The molecular weight excluding hydrogens is 376 g/mol. The van der Waals surface area contributed by atoms with Crippen molar-refractivity contribution in [3.05, 3.63) is 65.7 Å². The van der Waals surface area contributed by atoms with E-state index in [1.807, 2.05) is 30.3 Å². The van der Waals surface area contributed by atoms with Gasteiger partial charge in [-0.2, -0.15) is 0 Å². The summed E-state index contributed by atoms with van der Waals surface area (Å²) in [4.78, 5) is 29.8. The Balaban J connectivity index is 0.00000210. The van der Waals surface area contributed by atoms with E-state index in [0.717, 1.165) is 22.6 Å². The molecule has 0 N–H and O–H groups in total. The van der Waals surface area contributed by atoms with Crippen LogP contribution in [0, 0.1) is 11.6 Å². The number of piperazine rings is 1. The summed E-state index contributed by atoms with van der Waals surface area (Å²) >= 11 is 0. The number of fused-ring (bicyclic) bond motifs is 1. The van der Waals surface area contributed by atoms with Crippen LogP contribution in [-0.2, 0) is 11.3 Å². The van der Waals surface area contributed by atoms with Gasteiger partial charge in [-0.25, -0.2) is 18.5 Å². The fourth-order valence-corrected chi connectivity index (χ4v) is 3.52. The molecule has 3 amide bonds. The third-order valence-electron chi connectivity index (χ3n) is 4.81. The van der Waals surface area contributed by atoms with Crippen molar-refractivity contribution in [3.8, 4) is 0 Å². The molecule has 2 aliphatic rings. The van der Waals surface area contributed by atoms with Crippen LogP contribution in [0.3, 0.4) is 0 Å². The van der Waals surface area contributed by atoms with Gasteiger partial charge >= 0.3 is 6.03 Å². The maximum atomic E-state index is 14.1. The highest BCUT2D eigenvalue weighted by Crippen LogP contribution is 2.30. The quantitative estimate of drug-likeness (QED) is 0.753. The van der Waals surface area contributed by atoms with E-state index in [-0.39, 0.29) is 18.1 Å². The lowest BCUT2D eigenvalue weighted by Crippen LogP contribution is -2.52. The fourth-order valence-electron chi connectivity index (χ4n) is 3.52. The molecule has 2 aromatic carbocycles. The van der Waals surface area contributed by atoms with E-state index in [9.17, 15) is 18.4 Å². The molecule has 2 aromatic rings. The van der Waals surface area contributed by atoms with Crippen LogP contribution in [0.15, 0.2) is 48.5 Å². The molecule has 2 saturated heterocycles. The van der Waals surface area contributed by atoms with Crippen molar-refractivity contribution in [2.45, 2.75) is 12.6 Å². The molecule has 2 heterocycles. The van der Waals surface area contributed by atoms with Crippen LogP contribution in [0.2, 0.25) is 0 Å². The molecule has 1 unspecified atom stereocenters. The number of imide groups is 1. The molecule has 4 rings (SSSR count). The summed E-state index contributed by atoms with van der Waals surface area (Å²) < 4.78 is 27.2. The first-order chi connectivity index (χ1) is 12.5. The van der Waals surface area contributed by atoms with Crippen molar-refractivity contribution < 1.29 is 18.4 Å². The number of urea groups is 1. The topological polar surface area (TPSA) is 43.9 Å². The molecule has 1 atom stereocenters. The van der Waals surface area contributed by atoms with E-state index in [2.05, 4.69) is 4.90 Å². The standard InChI is InChI=1S/C19H17F2N3O2.ClH/c20-14-6-7-16(15(21)10-14)24-18(25)17-12-22(8-9-23(17)19(24)26)11-13-4-2-1-3-5-13;/h1-7,10,17H,8-9,11-12H2;1H. The van der Waals surface area contributed by atoms with Crippen molar-refractivity contribution in [3.63, 3.8) is 0 Å². The van der Waals surface area contributed by atoms with Gasteiger partial charge in [-0.15, -0.1) is 12.4 Å². The summed E-state index contributed by atoms with van der Waals surface area (Å²) in [6.45, 7) is 2.09. The SMILES string of the molecule is Cl.O=C1C2CN(Cc3ccccc3)CCN2C(=O)N1c1ccc(F)cc1F. The van der Waals surface area contributed by atoms with Gasteiger partial charge in [-0.05, 0) is 17.7 Å². The molecule has 0 aromatic heterocycles. The number of benzene rings is 2. The van der Waals surface area contributed by atoms with Crippen LogP contribution in [0.5, 0.6) is 0 Å². The first kappa shape index (κ1) is 19.3. The van der Waals surface area contributed by atoms with Gasteiger partial charge in [0.15, 0.2) is 0 Å². The number of anilines is 1. The highest BCUT2D eigenvalue weighted by atomic mass is 35.5. The van der Waals surface area contributed by atoms with Crippen molar-refractivity contribution in [2.24, 2.45) is 0 Å². The summed E-state index contributed by atoms with van der Waals surface area (Å²) in [6, 6.07) is 11.5. The molecule has 0 spiro atoms. The first-order valence-corrected chi connectivity index (χ1v) is 8.40. The van der Waals surface area contributed by atoms with E-state index in [0.29, 0.717) is 32.2 Å². The molecule has 2 fully saturated rings. The van der Waals surface area contributed by atoms with E-state index >= 15 is 0 Å². The Bertz CT molecular complexity index is 865. The van der Waals surface area contributed by atoms with Crippen molar-refractivity contribution in [1.29, 1.82) is 0 Å². The van der Waals surface area contributed by atoms with Crippen LogP contribution in [0.1, 0.15) is 5.56 Å². The van der Waals surface area contributed by atoms with E-state index in [1.165, 1.54) is 4.90 Å². The van der Waals surface area contributed by atoms with E-state index in [4.69, 9.17) is 0 Å². The molecule has 27 heavy (non-hydrogen) atoms. The van der Waals surface area contributed by atoms with Crippen LogP contribution >= 0.6 is 12.4 Å². The predicted octanol–water partition coefficient (Wildman–Crippen LogP) is 3.04. The van der Waals surface area contributed by atoms with Crippen molar-refractivity contribution in [1.82, 2.24) is 9.80 Å². The largest absolute Gasteiger partial charge is 0.332 e. The van der Waals surface area contributed by atoms with Gasteiger partial charge in [0, 0.05) is 32.2 Å². The van der Waals surface area contributed by atoms with Crippen LogP contribution in [0.4, 0.5) is 19.3 Å². The highest BCUT2D eigenvalue weighted by molar-refractivity contribution is 6.21. The summed E-state index contributed by atoms with van der Waals surface area (Å²) in [5.74, 6) is -2.15. The number of hydrogen-bond donors (Lipinski definition) is 0. The Labute approximate surface area is 161 Å². The molecule has 0 bridgehead atoms. The molecular formula is C19H18ClF2N3O2. The minimum atomic E-state index is -0.923. The normalized spacial score (nSPS) is 19.9. The lowest BCUT2D eigenvalue weighted by Gasteiger charge is -2.35. The van der Waals surface area contributed by atoms with Crippen LogP contribution in [0.25, 0.3) is 0 Å². The maximum Gasteiger partial charge on any atom is 0.332 e. The zero-order chi connectivity index (χ0) is 18.3. The smallest absolute Gasteiger partial charge is 0.309 e. The zero-order valence-corrected chi connectivity index (χ0v) is 15.2. The third-order valence-corrected chi connectivity index (χ3v) is 4.81. The second-order valence-corrected chi connectivity index (χ2v) is 6.48. The van der Waals surface area contributed by atoms with Gasteiger partial charge < -0.3 is 4.90 Å². The summed E-state index contributed by atoms with van der Waals surface area (Å²) in [5.41, 5.74) is 0.921. The number of nitrogens with zero attached hydrogens (tertiary/aromatic N) is 3. The molecule has 2 aliphatic heterocycles. The summed E-state index contributed by atoms with van der Waals surface area (Å²) in [6.07, 6.45) is 0. The maximum absolute atomic E-state index is 14.1. The second kappa shape index (κ2) is 7.62. The Kier molecular flexibility index (Phi) is 5.43. The van der Waals surface area contributed by atoms with E-state index in [1.54, 1.807) is 0 Å². The average Bonchev–Trinajstić information content (AvgIpc) is 2.87. The Hall–Kier alpha value is -2.51. The first-order valence-electron chi connectivity index (χ1n) is 8.40. The Morgan fingerprint density at radius 3 is 2.44 bits per heavy atom. The van der Waals surface area contributed by atoms with Gasteiger partial charge in [0.2, 0.25) is 0 Å². The molecule has 142 valence electrons. The highest BCUT2D eigenvalue weighted by Gasteiger charge is 2.48. The molecule has 0 radical (unpaired) electrons. The zero-order valence-electron chi connectivity index (χ0n) is 14.3. The van der Waals surface area contributed by atoms with Crippen molar-refractivity contribution >= 4 is 30.0 Å². The number of halogens is 3. The summed E-state index contributed by atoms with van der Waals surface area (Å²) in [5, 5.41) is 0. The fraction of sp³-hybridized carbons (Fsp3) is 0.263. The Morgan fingerprint density at radius 1 is 1.00 bits per heavy atom. The minimum absolute atomic E-state index is 0. The molecule has 8 heteroatoms. The molecule has 0 saturated carbocycles. The van der Waals surface area contributed by atoms with Crippen molar-refractivity contribution in [2.75, 3.05) is 24.5 Å².